The van der Waals surface area contributed by atoms with E-state index < -0.39 is 4.92 Å². The molecule has 6 nitrogen and oxygen atoms in total. The molecule has 3 aromatic rings. The average Bonchev–Trinajstić information content (AvgIpc) is 2.85. The third-order valence-electron chi connectivity index (χ3n) is 3.47. The van der Waals surface area contributed by atoms with E-state index >= 15 is 0 Å². The molecular weight excluding hydrogens is 351 g/mol. The molecule has 0 saturated carbocycles. The van der Waals surface area contributed by atoms with Crippen molar-refractivity contribution in [1.29, 1.82) is 0 Å². The zero-order chi connectivity index (χ0) is 16.6. The fourth-order valence-corrected chi connectivity index (χ4v) is 2.60. The number of nitro groups is 1. The molecule has 3 rings (SSSR count). The van der Waals surface area contributed by atoms with E-state index in [1.165, 1.54) is 12.1 Å². The molecule has 0 aliphatic carbocycles. The van der Waals surface area contributed by atoms with Gasteiger partial charge in [0.25, 0.3) is 5.69 Å². The molecular formula is C16H16Cl2N4O2. The van der Waals surface area contributed by atoms with Gasteiger partial charge < -0.3 is 4.57 Å². The number of hydrogen-bond donors (Lipinski definition) is 0. The molecule has 0 amide bonds. The number of non-ortho nitro benzene ring substituents is 1. The van der Waals surface area contributed by atoms with Crippen LogP contribution in [0.3, 0.4) is 0 Å². The summed E-state index contributed by atoms with van der Waals surface area (Å²) in [6.07, 6.45) is 0. The highest BCUT2D eigenvalue weighted by Gasteiger charge is 2.16. The van der Waals surface area contributed by atoms with E-state index in [1.54, 1.807) is 18.2 Å². The molecule has 0 saturated heterocycles. The standard InChI is InChI=1S/C16H15ClN4O2.ClH/c1-19(2)10-20-15-8-7-13(21(22)23)9-14(15)18-16(20)11-3-5-12(17)6-4-11;/h3-9H,10H2,1-2H3;1H. The van der Waals surface area contributed by atoms with Crippen LogP contribution in [0.2, 0.25) is 5.02 Å². The third-order valence-corrected chi connectivity index (χ3v) is 3.72. The van der Waals surface area contributed by atoms with Crippen LogP contribution in [0.4, 0.5) is 5.69 Å². The lowest BCUT2D eigenvalue weighted by atomic mass is 10.2. The summed E-state index contributed by atoms with van der Waals surface area (Å²) in [4.78, 5) is 17.2. The van der Waals surface area contributed by atoms with Crippen molar-refractivity contribution in [1.82, 2.24) is 14.5 Å². The van der Waals surface area contributed by atoms with Gasteiger partial charge in [0.05, 0.1) is 22.6 Å². The zero-order valence-corrected chi connectivity index (χ0v) is 14.7. The van der Waals surface area contributed by atoms with Crippen molar-refractivity contribution in [2.75, 3.05) is 14.1 Å². The van der Waals surface area contributed by atoms with Crippen LogP contribution < -0.4 is 0 Å². The Balaban J connectivity index is 0.00000208. The van der Waals surface area contributed by atoms with E-state index in [0.717, 1.165) is 16.9 Å². The number of halogens is 2. The van der Waals surface area contributed by atoms with Crippen LogP contribution in [0.25, 0.3) is 22.4 Å². The fraction of sp³-hybridized carbons (Fsp3) is 0.188. The van der Waals surface area contributed by atoms with Gasteiger partial charge in [0.1, 0.15) is 5.82 Å². The normalized spacial score (nSPS) is 10.8. The number of hydrogen-bond acceptors (Lipinski definition) is 4. The van der Waals surface area contributed by atoms with Crippen molar-refractivity contribution in [3.63, 3.8) is 0 Å². The summed E-state index contributed by atoms with van der Waals surface area (Å²) in [5.74, 6) is 0.755. The highest BCUT2D eigenvalue weighted by Crippen LogP contribution is 2.28. The van der Waals surface area contributed by atoms with Gasteiger partial charge in [-0.2, -0.15) is 0 Å². The van der Waals surface area contributed by atoms with Crippen molar-refractivity contribution < 1.29 is 4.92 Å². The highest BCUT2D eigenvalue weighted by molar-refractivity contribution is 6.30. The van der Waals surface area contributed by atoms with E-state index in [-0.39, 0.29) is 18.1 Å². The summed E-state index contributed by atoms with van der Waals surface area (Å²) in [5, 5.41) is 11.6. The van der Waals surface area contributed by atoms with Crippen LogP contribution in [0, 0.1) is 10.1 Å². The summed E-state index contributed by atoms with van der Waals surface area (Å²) in [7, 11) is 3.92. The Labute approximate surface area is 150 Å². The molecule has 0 aliphatic heterocycles. The molecule has 0 N–H and O–H groups in total. The van der Waals surface area contributed by atoms with Crippen LogP contribution in [0.15, 0.2) is 42.5 Å². The Bertz CT molecular complexity index is 876. The Morgan fingerprint density at radius 2 is 1.88 bits per heavy atom. The maximum atomic E-state index is 11.0. The number of nitro benzene ring substituents is 1. The topological polar surface area (TPSA) is 64.2 Å². The molecule has 0 aliphatic rings. The van der Waals surface area contributed by atoms with Crippen molar-refractivity contribution in [2.24, 2.45) is 0 Å². The molecule has 0 unspecified atom stereocenters. The number of fused-ring (bicyclic) bond motifs is 1. The van der Waals surface area contributed by atoms with Crippen LogP contribution in [0.5, 0.6) is 0 Å². The minimum absolute atomic E-state index is 0. The minimum Gasteiger partial charge on any atom is -0.310 e. The highest BCUT2D eigenvalue weighted by atomic mass is 35.5. The van der Waals surface area contributed by atoms with Gasteiger partial charge in [-0.25, -0.2) is 4.98 Å². The molecule has 0 radical (unpaired) electrons. The maximum Gasteiger partial charge on any atom is 0.271 e. The Kier molecular flexibility index (Phi) is 5.43. The quantitative estimate of drug-likeness (QED) is 0.512. The van der Waals surface area contributed by atoms with Gasteiger partial charge in [0.2, 0.25) is 0 Å². The minimum atomic E-state index is -0.410. The van der Waals surface area contributed by atoms with E-state index in [1.807, 2.05) is 35.7 Å². The lowest BCUT2D eigenvalue weighted by Crippen LogP contribution is -2.17. The molecule has 126 valence electrons. The summed E-state index contributed by atoms with van der Waals surface area (Å²) in [5.41, 5.74) is 2.41. The van der Waals surface area contributed by atoms with E-state index in [0.29, 0.717) is 17.2 Å². The van der Waals surface area contributed by atoms with Gasteiger partial charge >= 0.3 is 0 Å². The summed E-state index contributed by atoms with van der Waals surface area (Å²) in [6, 6.07) is 12.1. The molecule has 0 bridgehead atoms. The second-order valence-electron chi connectivity index (χ2n) is 5.52. The summed E-state index contributed by atoms with van der Waals surface area (Å²) in [6.45, 7) is 0.617. The van der Waals surface area contributed by atoms with Gasteiger partial charge in [-0.15, -0.1) is 12.4 Å². The maximum absolute atomic E-state index is 11.0. The molecule has 0 fully saturated rings. The van der Waals surface area contributed by atoms with Gasteiger partial charge in [-0.05, 0) is 44.4 Å². The second-order valence-corrected chi connectivity index (χ2v) is 5.96. The number of rotatable bonds is 4. The van der Waals surface area contributed by atoms with Crippen LogP contribution >= 0.6 is 24.0 Å². The molecule has 24 heavy (non-hydrogen) atoms. The number of imidazole rings is 1. The molecule has 1 heterocycles. The van der Waals surface area contributed by atoms with E-state index in [9.17, 15) is 10.1 Å². The van der Waals surface area contributed by atoms with Gasteiger partial charge in [0, 0.05) is 22.7 Å². The lowest BCUT2D eigenvalue weighted by Gasteiger charge is -2.14. The molecule has 2 aromatic carbocycles. The first kappa shape index (κ1) is 18.2. The zero-order valence-electron chi connectivity index (χ0n) is 13.1. The fourth-order valence-electron chi connectivity index (χ4n) is 2.48. The summed E-state index contributed by atoms with van der Waals surface area (Å²) < 4.78 is 2.03. The van der Waals surface area contributed by atoms with Gasteiger partial charge in [-0.1, -0.05) is 11.6 Å². The first-order valence-corrected chi connectivity index (χ1v) is 7.39. The molecule has 0 spiro atoms. The van der Waals surface area contributed by atoms with Crippen molar-refractivity contribution >= 4 is 40.7 Å². The first-order valence-electron chi connectivity index (χ1n) is 7.01. The SMILES string of the molecule is CN(C)Cn1c(-c2ccc(Cl)cc2)nc2cc([N+](=O)[O-])ccc21.Cl. The largest absolute Gasteiger partial charge is 0.310 e. The number of benzene rings is 2. The molecule has 1 aromatic heterocycles. The van der Waals surface area contributed by atoms with E-state index in [2.05, 4.69) is 4.98 Å². The lowest BCUT2D eigenvalue weighted by molar-refractivity contribution is -0.384. The first-order chi connectivity index (χ1) is 11.0. The van der Waals surface area contributed by atoms with Crippen molar-refractivity contribution in [3.8, 4) is 11.4 Å². The molecule has 0 atom stereocenters. The smallest absolute Gasteiger partial charge is 0.271 e. The third kappa shape index (κ3) is 3.51. The Morgan fingerprint density at radius 3 is 2.46 bits per heavy atom. The Morgan fingerprint density at radius 1 is 1.21 bits per heavy atom. The van der Waals surface area contributed by atoms with Crippen molar-refractivity contribution in [2.45, 2.75) is 6.67 Å². The summed E-state index contributed by atoms with van der Waals surface area (Å²) >= 11 is 5.95. The predicted octanol–water partition coefficient (Wildman–Crippen LogP) is 4.21. The van der Waals surface area contributed by atoms with Crippen LogP contribution in [0.1, 0.15) is 0 Å². The van der Waals surface area contributed by atoms with Gasteiger partial charge in [0.15, 0.2) is 0 Å². The molecule has 8 heteroatoms. The second kappa shape index (κ2) is 7.17. The average molecular weight is 367 g/mol. The van der Waals surface area contributed by atoms with Crippen LogP contribution in [-0.4, -0.2) is 33.5 Å². The van der Waals surface area contributed by atoms with E-state index in [4.69, 9.17) is 11.6 Å². The van der Waals surface area contributed by atoms with Gasteiger partial charge in [-0.3, -0.25) is 15.0 Å². The monoisotopic (exact) mass is 366 g/mol. The number of nitrogens with zero attached hydrogens (tertiary/aromatic N) is 4. The van der Waals surface area contributed by atoms with Crippen LogP contribution in [-0.2, 0) is 6.67 Å². The Hall–Kier alpha value is -2.15. The van der Waals surface area contributed by atoms with Crippen molar-refractivity contribution in [3.05, 3.63) is 57.6 Å². The number of aromatic nitrogens is 2. The predicted molar refractivity (Wildman–Crippen MR) is 97.8 cm³/mol.